The van der Waals surface area contributed by atoms with E-state index >= 15 is 0 Å². The van der Waals surface area contributed by atoms with E-state index in [1.165, 1.54) is 23.9 Å². The van der Waals surface area contributed by atoms with Crippen molar-refractivity contribution in [1.29, 1.82) is 0 Å². The molecule has 2 heterocycles. The molecule has 0 bridgehead atoms. The molecule has 8 heteroatoms. The molecule has 0 unspecified atom stereocenters. The Hall–Kier alpha value is -4.20. The highest BCUT2D eigenvalue weighted by Gasteiger charge is 2.16. The first-order valence-electron chi connectivity index (χ1n) is 9.71. The summed E-state index contributed by atoms with van der Waals surface area (Å²) in [6.45, 7) is 2.45. The zero-order valence-corrected chi connectivity index (χ0v) is 17.0. The molecule has 0 saturated carbocycles. The van der Waals surface area contributed by atoms with Crippen LogP contribution in [-0.2, 0) is 7.05 Å². The molecule has 1 N–H and O–H groups in total. The van der Waals surface area contributed by atoms with E-state index in [-0.39, 0.29) is 16.6 Å². The van der Waals surface area contributed by atoms with Crippen molar-refractivity contribution in [3.63, 3.8) is 0 Å². The fourth-order valence-corrected chi connectivity index (χ4v) is 3.24. The molecule has 2 aromatic heterocycles. The van der Waals surface area contributed by atoms with Gasteiger partial charge in [-0.3, -0.25) is 14.2 Å². The predicted molar refractivity (Wildman–Crippen MR) is 118 cm³/mol. The standard InChI is InChI=1S/C23H20N4O4/c1-3-31-18-11-9-16(10-12-18)25-21(28)15-13-19-20(24-14-15)27(17-7-5-4-6-8-17)23(30)26(2)22(19)29/h4-14H,3H2,1-2H3,(H,25,28). The molecule has 0 fully saturated rings. The molecular formula is C23H20N4O4. The van der Waals surface area contributed by atoms with Gasteiger partial charge < -0.3 is 10.1 Å². The zero-order chi connectivity index (χ0) is 22.0. The highest BCUT2D eigenvalue weighted by molar-refractivity contribution is 6.05. The number of fused-ring (bicyclic) bond motifs is 1. The molecule has 156 valence electrons. The van der Waals surface area contributed by atoms with Crippen LogP contribution in [0.5, 0.6) is 5.75 Å². The molecule has 0 aliphatic heterocycles. The number of aromatic nitrogens is 3. The minimum absolute atomic E-state index is 0.172. The Balaban J connectivity index is 1.75. The maximum Gasteiger partial charge on any atom is 0.337 e. The van der Waals surface area contributed by atoms with E-state index in [0.29, 0.717) is 23.7 Å². The van der Waals surface area contributed by atoms with Crippen LogP contribution in [-0.4, -0.2) is 26.6 Å². The largest absolute Gasteiger partial charge is 0.494 e. The predicted octanol–water partition coefficient (Wildman–Crippen LogP) is 2.74. The van der Waals surface area contributed by atoms with Gasteiger partial charge >= 0.3 is 5.69 Å². The van der Waals surface area contributed by atoms with Gasteiger partial charge in [-0.05, 0) is 49.4 Å². The van der Waals surface area contributed by atoms with Gasteiger partial charge in [-0.15, -0.1) is 0 Å². The molecule has 31 heavy (non-hydrogen) atoms. The fraction of sp³-hybridized carbons (Fsp3) is 0.130. The van der Waals surface area contributed by atoms with Crippen molar-refractivity contribution in [3.8, 4) is 11.4 Å². The Morgan fingerprint density at radius 1 is 1.06 bits per heavy atom. The van der Waals surface area contributed by atoms with Crippen LogP contribution in [0.3, 0.4) is 0 Å². The summed E-state index contributed by atoms with van der Waals surface area (Å²) < 4.78 is 7.75. The summed E-state index contributed by atoms with van der Waals surface area (Å²) in [7, 11) is 1.40. The van der Waals surface area contributed by atoms with Crippen LogP contribution in [0.15, 0.2) is 76.4 Å². The Morgan fingerprint density at radius 3 is 2.45 bits per heavy atom. The smallest absolute Gasteiger partial charge is 0.337 e. The summed E-state index contributed by atoms with van der Waals surface area (Å²) in [5, 5.41) is 2.94. The third kappa shape index (κ3) is 3.83. The van der Waals surface area contributed by atoms with Crippen LogP contribution < -0.4 is 21.3 Å². The third-order valence-corrected chi connectivity index (χ3v) is 4.79. The Bertz CT molecular complexity index is 1370. The number of benzene rings is 2. The first kappa shape index (κ1) is 20.1. The minimum Gasteiger partial charge on any atom is -0.494 e. The summed E-state index contributed by atoms with van der Waals surface area (Å²) in [6, 6.07) is 17.3. The maximum absolute atomic E-state index is 12.7. The lowest BCUT2D eigenvalue weighted by atomic mass is 10.2. The van der Waals surface area contributed by atoms with Crippen molar-refractivity contribution in [3.05, 3.63) is 93.3 Å². The molecule has 0 saturated heterocycles. The molecular weight excluding hydrogens is 396 g/mol. The second kappa shape index (κ2) is 8.27. The van der Waals surface area contributed by atoms with Crippen molar-refractivity contribution < 1.29 is 9.53 Å². The highest BCUT2D eigenvalue weighted by Crippen LogP contribution is 2.18. The van der Waals surface area contributed by atoms with Crippen molar-refractivity contribution in [2.45, 2.75) is 6.92 Å². The average Bonchev–Trinajstić information content (AvgIpc) is 2.80. The normalized spacial score (nSPS) is 10.8. The van der Waals surface area contributed by atoms with E-state index in [1.54, 1.807) is 48.5 Å². The van der Waals surface area contributed by atoms with Gasteiger partial charge in [0.2, 0.25) is 0 Å². The van der Waals surface area contributed by atoms with Gasteiger partial charge in [-0.2, -0.15) is 0 Å². The van der Waals surface area contributed by atoms with Gasteiger partial charge in [0.15, 0.2) is 5.65 Å². The van der Waals surface area contributed by atoms with Crippen molar-refractivity contribution in [2.75, 3.05) is 11.9 Å². The van der Waals surface area contributed by atoms with Crippen molar-refractivity contribution in [2.24, 2.45) is 7.05 Å². The van der Waals surface area contributed by atoms with Crippen LogP contribution in [0.1, 0.15) is 17.3 Å². The third-order valence-electron chi connectivity index (χ3n) is 4.79. The van der Waals surface area contributed by atoms with Gasteiger partial charge in [0.25, 0.3) is 11.5 Å². The van der Waals surface area contributed by atoms with Gasteiger partial charge in [-0.25, -0.2) is 14.3 Å². The number of pyridine rings is 1. The summed E-state index contributed by atoms with van der Waals surface area (Å²) in [5.74, 6) is 0.285. The molecule has 4 rings (SSSR count). The number of anilines is 1. The molecule has 2 aromatic carbocycles. The van der Waals surface area contributed by atoms with E-state index in [0.717, 1.165) is 4.57 Å². The average molecular weight is 416 g/mol. The van der Waals surface area contributed by atoms with Crippen LogP contribution in [0.2, 0.25) is 0 Å². The number of amides is 1. The number of hydrogen-bond acceptors (Lipinski definition) is 5. The molecule has 0 aliphatic rings. The molecule has 0 spiro atoms. The second-order valence-electron chi connectivity index (χ2n) is 6.82. The van der Waals surface area contributed by atoms with E-state index < -0.39 is 17.2 Å². The minimum atomic E-state index is -0.518. The monoisotopic (exact) mass is 416 g/mol. The number of ether oxygens (including phenoxy) is 1. The van der Waals surface area contributed by atoms with Crippen LogP contribution in [0.25, 0.3) is 16.7 Å². The quantitative estimate of drug-likeness (QED) is 0.540. The van der Waals surface area contributed by atoms with Crippen LogP contribution in [0, 0.1) is 0 Å². The van der Waals surface area contributed by atoms with Gasteiger partial charge in [0.05, 0.1) is 23.2 Å². The number of carbonyl (C=O) groups is 1. The lowest BCUT2D eigenvalue weighted by Gasteiger charge is -2.12. The van der Waals surface area contributed by atoms with E-state index in [9.17, 15) is 14.4 Å². The summed E-state index contributed by atoms with van der Waals surface area (Å²) in [4.78, 5) is 42.5. The lowest BCUT2D eigenvalue weighted by molar-refractivity contribution is 0.102. The number of nitrogens with one attached hydrogen (secondary N) is 1. The van der Waals surface area contributed by atoms with E-state index in [2.05, 4.69) is 10.3 Å². The maximum atomic E-state index is 12.7. The molecule has 0 radical (unpaired) electrons. The number of carbonyl (C=O) groups excluding carboxylic acids is 1. The van der Waals surface area contributed by atoms with E-state index in [4.69, 9.17) is 4.74 Å². The Morgan fingerprint density at radius 2 is 1.77 bits per heavy atom. The molecule has 4 aromatic rings. The van der Waals surface area contributed by atoms with Crippen LogP contribution >= 0.6 is 0 Å². The first-order chi connectivity index (χ1) is 15.0. The second-order valence-corrected chi connectivity index (χ2v) is 6.82. The Kier molecular flexibility index (Phi) is 5.36. The van der Waals surface area contributed by atoms with Gasteiger partial charge in [-0.1, -0.05) is 18.2 Å². The summed E-state index contributed by atoms with van der Waals surface area (Å²) in [6.07, 6.45) is 1.35. The lowest BCUT2D eigenvalue weighted by Crippen LogP contribution is -2.38. The zero-order valence-electron chi connectivity index (χ0n) is 17.0. The number of rotatable bonds is 5. The van der Waals surface area contributed by atoms with Gasteiger partial charge in [0, 0.05) is 18.9 Å². The van der Waals surface area contributed by atoms with Crippen molar-refractivity contribution in [1.82, 2.24) is 14.1 Å². The fourth-order valence-electron chi connectivity index (χ4n) is 3.24. The Labute approximate surface area is 177 Å². The molecule has 1 amide bonds. The van der Waals surface area contributed by atoms with Crippen molar-refractivity contribution >= 4 is 22.6 Å². The van der Waals surface area contributed by atoms with E-state index in [1.807, 2.05) is 13.0 Å². The first-order valence-corrected chi connectivity index (χ1v) is 9.71. The number of nitrogens with zero attached hydrogens (tertiary/aromatic N) is 3. The topological polar surface area (TPSA) is 95.2 Å². The SMILES string of the molecule is CCOc1ccc(NC(=O)c2cnc3c(c2)c(=O)n(C)c(=O)n3-c2ccccc2)cc1. The summed E-state index contributed by atoms with van der Waals surface area (Å²) >= 11 is 0. The van der Waals surface area contributed by atoms with Crippen LogP contribution in [0.4, 0.5) is 5.69 Å². The summed E-state index contributed by atoms with van der Waals surface area (Å²) in [5.41, 5.74) is 0.523. The molecule has 0 atom stereocenters. The molecule has 8 nitrogen and oxygen atoms in total. The number of hydrogen-bond donors (Lipinski definition) is 1. The van der Waals surface area contributed by atoms with Gasteiger partial charge in [0.1, 0.15) is 5.75 Å². The molecule has 0 aliphatic carbocycles. The highest BCUT2D eigenvalue weighted by atomic mass is 16.5. The number of para-hydroxylation sites is 1.